The molecule has 0 saturated carbocycles. The van der Waals surface area contributed by atoms with Crippen LogP contribution in [0.4, 0.5) is 0 Å². The first kappa shape index (κ1) is 18.5. The fourth-order valence-electron chi connectivity index (χ4n) is 2.16. The van der Waals surface area contributed by atoms with Crippen LogP contribution in [-0.4, -0.2) is 47.3 Å². The normalized spacial score (nSPS) is 12.4. The molecule has 0 aliphatic rings. The van der Waals surface area contributed by atoms with Gasteiger partial charge in [0.1, 0.15) is 5.75 Å². The van der Waals surface area contributed by atoms with Crippen LogP contribution in [0.3, 0.4) is 0 Å². The van der Waals surface area contributed by atoms with Gasteiger partial charge < -0.3 is 19.8 Å². The summed E-state index contributed by atoms with van der Waals surface area (Å²) in [5, 5.41) is 18.9. The van der Waals surface area contributed by atoms with Crippen LogP contribution in [0, 0.1) is 0 Å². The van der Waals surface area contributed by atoms with Crippen molar-refractivity contribution in [3.05, 3.63) is 29.8 Å². The maximum Gasteiger partial charge on any atom is 0.304 e. The summed E-state index contributed by atoms with van der Waals surface area (Å²) in [7, 11) is 0. The summed E-state index contributed by atoms with van der Waals surface area (Å²) in [6, 6.07) is 7.50. The van der Waals surface area contributed by atoms with Crippen molar-refractivity contribution in [2.24, 2.45) is 0 Å². The van der Waals surface area contributed by atoms with Gasteiger partial charge in [0.15, 0.2) is 0 Å². The van der Waals surface area contributed by atoms with Crippen LogP contribution in [0.5, 0.6) is 5.75 Å². The molecule has 0 aliphatic carbocycles. The van der Waals surface area contributed by atoms with Crippen LogP contribution in [-0.2, 0) is 4.79 Å². The molecule has 1 aromatic carbocycles. The Morgan fingerprint density at radius 1 is 1.23 bits per heavy atom. The first-order valence-corrected chi connectivity index (χ1v) is 7.91. The van der Waals surface area contributed by atoms with E-state index in [-0.39, 0.29) is 6.42 Å². The maximum absolute atomic E-state index is 10.6. The number of carboxylic acid groups (broad SMARTS) is 1. The molecule has 0 aliphatic heterocycles. The van der Waals surface area contributed by atoms with Crippen LogP contribution in [0.25, 0.3) is 0 Å². The number of nitrogens with zero attached hydrogens (tertiary/aromatic N) is 1. The summed E-state index contributed by atoms with van der Waals surface area (Å²) in [6.07, 6.45) is 1.14. The van der Waals surface area contributed by atoms with E-state index in [9.17, 15) is 9.90 Å². The standard InChI is InChI=1S/C17H27NO4/c1-3-13-22-15-7-5-14(6-8-15)16(19)9-11-18(4-2)12-10-17(20)21/h5-8,16,19H,3-4,9-13H2,1-2H3,(H,20,21). The Hall–Kier alpha value is -1.59. The van der Waals surface area contributed by atoms with Crippen molar-refractivity contribution in [3.8, 4) is 5.75 Å². The zero-order valence-electron chi connectivity index (χ0n) is 13.5. The lowest BCUT2D eigenvalue weighted by Gasteiger charge is -2.21. The summed E-state index contributed by atoms with van der Waals surface area (Å²) in [5.74, 6) is 0.0242. The molecule has 0 aromatic heterocycles. The van der Waals surface area contributed by atoms with E-state index in [1.54, 1.807) is 0 Å². The fraction of sp³-hybridized carbons (Fsp3) is 0.588. The highest BCUT2D eigenvalue weighted by molar-refractivity contribution is 5.66. The van der Waals surface area contributed by atoms with E-state index in [0.717, 1.165) is 24.3 Å². The number of hydrogen-bond acceptors (Lipinski definition) is 4. The lowest BCUT2D eigenvalue weighted by atomic mass is 10.1. The Balaban J connectivity index is 2.43. The summed E-state index contributed by atoms with van der Waals surface area (Å²) in [4.78, 5) is 12.6. The van der Waals surface area contributed by atoms with Crippen molar-refractivity contribution in [1.29, 1.82) is 0 Å². The molecule has 1 unspecified atom stereocenters. The van der Waals surface area contributed by atoms with Crippen LogP contribution < -0.4 is 4.74 Å². The van der Waals surface area contributed by atoms with Crippen molar-refractivity contribution in [2.45, 2.75) is 39.2 Å². The Kier molecular flexibility index (Phi) is 8.55. The Bertz CT molecular complexity index is 433. The topological polar surface area (TPSA) is 70.0 Å². The Morgan fingerprint density at radius 2 is 1.91 bits per heavy atom. The van der Waals surface area contributed by atoms with Gasteiger partial charge in [0, 0.05) is 13.1 Å². The lowest BCUT2D eigenvalue weighted by Crippen LogP contribution is -2.28. The summed E-state index contributed by atoms with van der Waals surface area (Å²) < 4.78 is 5.51. The molecule has 22 heavy (non-hydrogen) atoms. The van der Waals surface area contributed by atoms with Crippen LogP contribution in [0.15, 0.2) is 24.3 Å². The maximum atomic E-state index is 10.6. The van der Waals surface area contributed by atoms with Gasteiger partial charge in [-0.2, -0.15) is 0 Å². The van der Waals surface area contributed by atoms with E-state index >= 15 is 0 Å². The van der Waals surface area contributed by atoms with E-state index < -0.39 is 12.1 Å². The molecule has 0 heterocycles. The number of aliphatic hydroxyl groups excluding tert-OH is 1. The predicted molar refractivity (Wildman–Crippen MR) is 86.2 cm³/mol. The van der Waals surface area contributed by atoms with E-state index in [0.29, 0.717) is 26.1 Å². The van der Waals surface area contributed by atoms with E-state index in [4.69, 9.17) is 9.84 Å². The zero-order valence-corrected chi connectivity index (χ0v) is 13.5. The molecule has 0 bridgehead atoms. The van der Waals surface area contributed by atoms with Crippen LogP contribution in [0.2, 0.25) is 0 Å². The number of aliphatic hydroxyl groups is 1. The molecular formula is C17H27NO4. The molecule has 5 nitrogen and oxygen atoms in total. The Labute approximate surface area is 132 Å². The molecule has 0 radical (unpaired) electrons. The van der Waals surface area contributed by atoms with Gasteiger partial charge in [-0.25, -0.2) is 0 Å². The molecule has 0 fully saturated rings. The molecule has 0 saturated heterocycles. The first-order chi connectivity index (χ1) is 10.6. The number of benzene rings is 1. The minimum atomic E-state index is -0.790. The number of carboxylic acids is 1. The van der Waals surface area contributed by atoms with Gasteiger partial charge in [0.25, 0.3) is 0 Å². The van der Waals surface area contributed by atoms with E-state index in [1.807, 2.05) is 36.1 Å². The number of hydrogen-bond donors (Lipinski definition) is 2. The average Bonchev–Trinajstić information content (AvgIpc) is 2.53. The predicted octanol–water partition coefficient (Wildman–Crippen LogP) is 2.70. The van der Waals surface area contributed by atoms with Gasteiger partial charge >= 0.3 is 5.97 Å². The van der Waals surface area contributed by atoms with Gasteiger partial charge in [0.2, 0.25) is 0 Å². The molecule has 0 amide bonds. The second-order valence-electron chi connectivity index (χ2n) is 5.30. The highest BCUT2D eigenvalue weighted by atomic mass is 16.5. The quantitative estimate of drug-likeness (QED) is 0.657. The zero-order chi connectivity index (χ0) is 16.4. The number of carbonyl (C=O) groups is 1. The van der Waals surface area contributed by atoms with Crippen molar-refractivity contribution in [1.82, 2.24) is 4.90 Å². The summed E-state index contributed by atoms with van der Waals surface area (Å²) >= 11 is 0. The molecule has 124 valence electrons. The molecule has 1 rings (SSSR count). The molecule has 5 heteroatoms. The fourth-order valence-corrected chi connectivity index (χ4v) is 2.16. The monoisotopic (exact) mass is 309 g/mol. The SMILES string of the molecule is CCCOc1ccc(C(O)CCN(CC)CCC(=O)O)cc1. The van der Waals surface area contributed by atoms with Gasteiger partial charge in [-0.1, -0.05) is 26.0 Å². The van der Waals surface area contributed by atoms with E-state index in [1.165, 1.54) is 0 Å². The molecule has 1 atom stereocenters. The molecule has 0 spiro atoms. The van der Waals surface area contributed by atoms with Crippen molar-refractivity contribution < 1.29 is 19.7 Å². The van der Waals surface area contributed by atoms with Gasteiger partial charge in [-0.05, 0) is 37.1 Å². The van der Waals surface area contributed by atoms with Gasteiger partial charge in [-0.3, -0.25) is 4.79 Å². The van der Waals surface area contributed by atoms with Gasteiger partial charge in [0.05, 0.1) is 19.1 Å². The van der Waals surface area contributed by atoms with Crippen LogP contribution >= 0.6 is 0 Å². The Morgan fingerprint density at radius 3 is 2.45 bits per heavy atom. The van der Waals surface area contributed by atoms with Crippen LogP contribution in [0.1, 0.15) is 44.8 Å². The second kappa shape index (κ2) is 10.2. The highest BCUT2D eigenvalue weighted by Crippen LogP contribution is 2.20. The third-order valence-corrected chi connectivity index (χ3v) is 3.55. The number of ether oxygens (including phenoxy) is 1. The van der Waals surface area contributed by atoms with Crippen molar-refractivity contribution in [3.63, 3.8) is 0 Å². The minimum absolute atomic E-state index is 0.132. The first-order valence-electron chi connectivity index (χ1n) is 7.91. The molecule has 2 N–H and O–H groups in total. The smallest absolute Gasteiger partial charge is 0.304 e. The van der Waals surface area contributed by atoms with Crippen molar-refractivity contribution in [2.75, 3.05) is 26.2 Å². The third-order valence-electron chi connectivity index (χ3n) is 3.55. The number of rotatable bonds is 11. The minimum Gasteiger partial charge on any atom is -0.494 e. The second-order valence-corrected chi connectivity index (χ2v) is 5.30. The summed E-state index contributed by atoms with van der Waals surface area (Å²) in [5.41, 5.74) is 0.859. The van der Waals surface area contributed by atoms with Gasteiger partial charge in [-0.15, -0.1) is 0 Å². The lowest BCUT2D eigenvalue weighted by molar-refractivity contribution is -0.137. The van der Waals surface area contributed by atoms with Crippen molar-refractivity contribution >= 4 is 5.97 Å². The van der Waals surface area contributed by atoms with E-state index in [2.05, 4.69) is 6.92 Å². The largest absolute Gasteiger partial charge is 0.494 e. The number of aliphatic carboxylic acids is 1. The molecular weight excluding hydrogens is 282 g/mol. The average molecular weight is 309 g/mol. The highest BCUT2D eigenvalue weighted by Gasteiger charge is 2.11. The summed E-state index contributed by atoms with van der Waals surface area (Å²) in [6.45, 7) is 6.72. The molecule has 1 aromatic rings. The third kappa shape index (κ3) is 6.91.